The number of hydrogen-bond acceptors (Lipinski definition) is 4. The second kappa shape index (κ2) is 7.19. The molecule has 20 heavy (non-hydrogen) atoms. The molecule has 106 valence electrons. The van der Waals surface area contributed by atoms with Crippen LogP contribution in [-0.4, -0.2) is 25.6 Å². The molecule has 0 saturated heterocycles. The topological polar surface area (TPSA) is 65.4 Å². The van der Waals surface area contributed by atoms with Gasteiger partial charge in [-0.1, -0.05) is 6.08 Å². The monoisotopic (exact) mass is 273 g/mol. The predicted octanol–water partition coefficient (Wildman–Crippen LogP) is 2.56. The van der Waals surface area contributed by atoms with Crippen LogP contribution in [0.1, 0.15) is 13.8 Å². The lowest BCUT2D eigenvalue weighted by Gasteiger charge is -2.27. The molecule has 0 aliphatic carbocycles. The lowest BCUT2D eigenvalue weighted by Crippen LogP contribution is -2.32. The first-order valence-electron chi connectivity index (χ1n) is 6.26. The Hall–Kier alpha value is -2.48. The molecule has 1 amide bonds. The van der Waals surface area contributed by atoms with E-state index in [1.165, 1.54) is 6.92 Å². The molecule has 1 atom stereocenters. The Labute approximate surface area is 119 Å². The number of carbonyl (C=O) groups is 1. The van der Waals surface area contributed by atoms with Gasteiger partial charge in [-0.25, -0.2) is 0 Å². The van der Waals surface area contributed by atoms with E-state index < -0.39 is 0 Å². The van der Waals surface area contributed by atoms with Crippen LogP contribution in [-0.2, 0) is 4.79 Å². The largest absolute Gasteiger partial charge is 0.495 e. The molecule has 1 aromatic carbocycles. The summed E-state index contributed by atoms with van der Waals surface area (Å²) in [6.07, 6.45) is 1.72. The number of benzene rings is 1. The highest BCUT2D eigenvalue weighted by Gasteiger charge is 2.17. The molecule has 1 unspecified atom stereocenters. The van der Waals surface area contributed by atoms with Gasteiger partial charge in [0, 0.05) is 19.2 Å². The van der Waals surface area contributed by atoms with E-state index in [0.717, 1.165) is 5.69 Å². The first-order chi connectivity index (χ1) is 9.53. The number of hydrogen-bond donors (Lipinski definition) is 1. The average molecular weight is 273 g/mol. The molecule has 1 aromatic rings. The van der Waals surface area contributed by atoms with Gasteiger partial charge in [-0.2, -0.15) is 5.26 Å². The van der Waals surface area contributed by atoms with E-state index in [1.807, 2.05) is 4.90 Å². The van der Waals surface area contributed by atoms with Crippen molar-refractivity contribution in [2.75, 3.05) is 23.9 Å². The highest BCUT2D eigenvalue weighted by Crippen LogP contribution is 2.32. The molecule has 1 rings (SSSR count). The maximum atomic E-state index is 11.1. The third-order valence-corrected chi connectivity index (χ3v) is 2.79. The maximum absolute atomic E-state index is 11.1. The number of anilines is 2. The fraction of sp³-hybridized carbons (Fsp3) is 0.333. The van der Waals surface area contributed by atoms with Crippen molar-refractivity contribution in [3.05, 3.63) is 30.9 Å². The Kier molecular flexibility index (Phi) is 5.60. The lowest BCUT2D eigenvalue weighted by molar-refractivity contribution is -0.114. The van der Waals surface area contributed by atoms with E-state index in [4.69, 9.17) is 10.00 Å². The average Bonchev–Trinajstić information content (AvgIpc) is 2.43. The minimum Gasteiger partial charge on any atom is -0.495 e. The smallest absolute Gasteiger partial charge is 0.221 e. The van der Waals surface area contributed by atoms with E-state index >= 15 is 0 Å². The number of nitriles is 1. The van der Waals surface area contributed by atoms with Gasteiger partial charge >= 0.3 is 0 Å². The van der Waals surface area contributed by atoms with Gasteiger partial charge in [0.2, 0.25) is 5.91 Å². The molecular weight excluding hydrogens is 254 g/mol. The summed E-state index contributed by atoms with van der Waals surface area (Å²) in [5, 5.41) is 11.9. The van der Waals surface area contributed by atoms with E-state index in [2.05, 4.69) is 18.0 Å². The van der Waals surface area contributed by atoms with Crippen molar-refractivity contribution in [2.45, 2.75) is 19.9 Å². The van der Waals surface area contributed by atoms with Gasteiger partial charge in [-0.3, -0.25) is 4.79 Å². The number of amides is 1. The van der Waals surface area contributed by atoms with Crippen LogP contribution in [0.2, 0.25) is 0 Å². The fourth-order valence-corrected chi connectivity index (χ4v) is 1.87. The second-order valence-electron chi connectivity index (χ2n) is 4.31. The van der Waals surface area contributed by atoms with E-state index in [0.29, 0.717) is 18.0 Å². The third-order valence-electron chi connectivity index (χ3n) is 2.79. The normalized spacial score (nSPS) is 11.1. The summed E-state index contributed by atoms with van der Waals surface area (Å²) in [6.45, 7) is 7.46. The molecule has 0 heterocycles. The maximum Gasteiger partial charge on any atom is 0.221 e. The van der Waals surface area contributed by atoms with Crippen molar-refractivity contribution in [1.82, 2.24) is 0 Å². The molecule has 1 N–H and O–H groups in total. The highest BCUT2D eigenvalue weighted by atomic mass is 16.5. The molecular formula is C15H19N3O2. The molecule has 0 bridgehead atoms. The van der Waals surface area contributed by atoms with Crippen molar-refractivity contribution < 1.29 is 9.53 Å². The van der Waals surface area contributed by atoms with Crippen molar-refractivity contribution in [3.8, 4) is 11.8 Å². The number of methoxy groups -OCH3 is 1. The molecule has 5 heteroatoms. The van der Waals surface area contributed by atoms with Crippen LogP contribution in [0.25, 0.3) is 0 Å². The van der Waals surface area contributed by atoms with Crippen molar-refractivity contribution in [3.63, 3.8) is 0 Å². The number of ether oxygens (including phenoxy) is 1. The Morgan fingerprint density at radius 2 is 2.35 bits per heavy atom. The lowest BCUT2D eigenvalue weighted by atomic mass is 10.2. The number of nitrogens with zero attached hydrogens (tertiary/aromatic N) is 2. The van der Waals surface area contributed by atoms with Crippen LogP contribution in [0.5, 0.6) is 5.75 Å². The van der Waals surface area contributed by atoms with E-state index in [-0.39, 0.29) is 11.9 Å². The Morgan fingerprint density at radius 3 is 2.85 bits per heavy atom. The Morgan fingerprint density at radius 1 is 1.65 bits per heavy atom. The summed E-state index contributed by atoms with van der Waals surface area (Å²) in [7, 11) is 1.57. The predicted molar refractivity (Wildman–Crippen MR) is 79.9 cm³/mol. The SMILES string of the molecule is C=CCN(c1cc(NC(C)=O)ccc1OC)C(C)C#N. The second-order valence-corrected chi connectivity index (χ2v) is 4.31. The zero-order valence-corrected chi connectivity index (χ0v) is 12.0. The Bertz CT molecular complexity index is 534. The first kappa shape index (κ1) is 15.6. The van der Waals surface area contributed by atoms with Crippen molar-refractivity contribution in [1.29, 1.82) is 5.26 Å². The minimum absolute atomic E-state index is 0.148. The number of carbonyl (C=O) groups excluding carboxylic acids is 1. The molecule has 0 fully saturated rings. The van der Waals surface area contributed by atoms with Gasteiger partial charge in [-0.05, 0) is 25.1 Å². The van der Waals surface area contributed by atoms with Crippen LogP contribution < -0.4 is 15.0 Å². The van der Waals surface area contributed by atoms with E-state index in [9.17, 15) is 4.79 Å². The molecule has 0 aliphatic rings. The van der Waals surface area contributed by atoms with Gasteiger partial charge in [-0.15, -0.1) is 6.58 Å². The summed E-state index contributed by atoms with van der Waals surface area (Å²) < 4.78 is 5.33. The minimum atomic E-state index is -0.338. The molecule has 0 spiro atoms. The molecule has 5 nitrogen and oxygen atoms in total. The fourth-order valence-electron chi connectivity index (χ4n) is 1.87. The number of rotatable bonds is 6. The molecule has 0 radical (unpaired) electrons. The molecule has 0 saturated carbocycles. The highest BCUT2D eigenvalue weighted by molar-refractivity contribution is 5.89. The van der Waals surface area contributed by atoms with Gasteiger partial charge in [0.1, 0.15) is 11.8 Å². The van der Waals surface area contributed by atoms with Crippen molar-refractivity contribution >= 4 is 17.3 Å². The quantitative estimate of drug-likeness (QED) is 0.809. The van der Waals surface area contributed by atoms with Crippen LogP contribution in [0.3, 0.4) is 0 Å². The summed E-state index contributed by atoms with van der Waals surface area (Å²) in [6, 6.07) is 7.17. The van der Waals surface area contributed by atoms with Gasteiger partial charge in [0.25, 0.3) is 0 Å². The molecule has 0 aliphatic heterocycles. The third kappa shape index (κ3) is 3.75. The Balaban J connectivity index is 3.25. The van der Waals surface area contributed by atoms with E-state index in [1.54, 1.807) is 38.3 Å². The number of nitrogens with one attached hydrogen (secondary N) is 1. The zero-order chi connectivity index (χ0) is 15.1. The first-order valence-corrected chi connectivity index (χ1v) is 6.26. The summed E-state index contributed by atoms with van der Waals surface area (Å²) in [5.41, 5.74) is 1.40. The van der Waals surface area contributed by atoms with Crippen LogP contribution in [0, 0.1) is 11.3 Å². The standard InChI is InChI=1S/C15H19N3O2/c1-5-8-18(11(2)10-16)14-9-13(17-12(3)19)6-7-15(14)20-4/h5-7,9,11H,1,8H2,2-4H3,(H,17,19). The van der Waals surface area contributed by atoms with Crippen LogP contribution in [0.4, 0.5) is 11.4 Å². The summed E-state index contributed by atoms with van der Waals surface area (Å²) in [4.78, 5) is 13.0. The van der Waals surface area contributed by atoms with Crippen molar-refractivity contribution in [2.24, 2.45) is 0 Å². The summed E-state index contributed by atoms with van der Waals surface area (Å²) in [5.74, 6) is 0.493. The zero-order valence-electron chi connectivity index (χ0n) is 12.0. The summed E-state index contributed by atoms with van der Waals surface area (Å²) >= 11 is 0. The van der Waals surface area contributed by atoms with Gasteiger partial charge in [0.15, 0.2) is 0 Å². The van der Waals surface area contributed by atoms with Gasteiger partial charge in [0.05, 0.1) is 18.9 Å². The molecule has 0 aromatic heterocycles. The van der Waals surface area contributed by atoms with Crippen LogP contribution in [0.15, 0.2) is 30.9 Å². The van der Waals surface area contributed by atoms with Crippen LogP contribution >= 0.6 is 0 Å². The van der Waals surface area contributed by atoms with Gasteiger partial charge < -0.3 is 15.0 Å².